The highest BCUT2D eigenvalue weighted by atomic mass is 16.6. The van der Waals surface area contributed by atoms with Crippen LogP contribution in [0.3, 0.4) is 0 Å². The van der Waals surface area contributed by atoms with Gasteiger partial charge in [0.25, 0.3) is 0 Å². The summed E-state index contributed by atoms with van der Waals surface area (Å²) in [5.41, 5.74) is 0. The summed E-state index contributed by atoms with van der Waals surface area (Å²) in [5.74, 6) is -0.434. The number of rotatable bonds is 48. The highest BCUT2D eigenvalue weighted by Crippen LogP contribution is 2.16. The van der Waals surface area contributed by atoms with Crippen LogP contribution in [-0.4, -0.2) is 37.9 Å². The fourth-order valence-corrected chi connectivity index (χ4v) is 7.50. The SMILES string of the molecule is CC/C=C\C/C=C\C/C=C\C/C=C\CCCCC(=O)OCC(COCCCCCCCCCCCCCCCCCCCC)OC(=O)CCCCCCCCCCCCC. The highest BCUT2D eigenvalue weighted by molar-refractivity contribution is 5.70. The first kappa shape index (κ1) is 57.9. The first-order chi connectivity index (χ1) is 29.6. The second-order valence-electron chi connectivity index (χ2n) is 17.4. The summed E-state index contributed by atoms with van der Waals surface area (Å²) in [6, 6.07) is 0. The molecule has 0 aliphatic heterocycles. The fourth-order valence-electron chi connectivity index (χ4n) is 7.50. The van der Waals surface area contributed by atoms with Gasteiger partial charge in [-0.25, -0.2) is 0 Å². The molecule has 0 aliphatic rings. The van der Waals surface area contributed by atoms with Crippen LogP contribution in [0.1, 0.15) is 265 Å². The Morgan fingerprint density at radius 1 is 0.383 bits per heavy atom. The Hall–Kier alpha value is -2.14. The highest BCUT2D eigenvalue weighted by Gasteiger charge is 2.17. The molecule has 60 heavy (non-hydrogen) atoms. The third kappa shape index (κ3) is 48.5. The number of unbranched alkanes of at least 4 members (excludes halogenated alkanes) is 29. The van der Waals surface area contributed by atoms with Gasteiger partial charge >= 0.3 is 11.9 Å². The average Bonchev–Trinajstić information content (AvgIpc) is 3.25. The van der Waals surface area contributed by atoms with Gasteiger partial charge < -0.3 is 14.2 Å². The zero-order valence-electron chi connectivity index (χ0n) is 40.2. The van der Waals surface area contributed by atoms with Gasteiger partial charge in [0.15, 0.2) is 6.10 Å². The summed E-state index contributed by atoms with van der Waals surface area (Å²) >= 11 is 0. The van der Waals surface area contributed by atoms with Crippen LogP contribution in [0.2, 0.25) is 0 Å². The lowest BCUT2D eigenvalue weighted by molar-refractivity contribution is -0.163. The van der Waals surface area contributed by atoms with E-state index >= 15 is 0 Å². The molecule has 0 radical (unpaired) electrons. The summed E-state index contributed by atoms with van der Waals surface area (Å²) in [7, 11) is 0. The van der Waals surface area contributed by atoms with Crippen LogP contribution in [0.15, 0.2) is 48.6 Å². The number of carbonyl (C=O) groups excluding carboxylic acids is 2. The van der Waals surface area contributed by atoms with E-state index in [9.17, 15) is 9.59 Å². The van der Waals surface area contributed by atoms with E-state index in [0.29, 0.717) is 19.4 Å². The maximum Gasteiger partial charge on any atom is 0.306 e. The lowest BCUT2D eigenvalue weighted by atomic mass is 10.0. The second-order valence-corrected chi connectivity index (χ2v) is 17.4. The third-order valence-electron chi connectivity index (χ3n) is 11.4. The molecule has 0 aliphatic carbocycles. The average molecular weight is 841 g/mol. The Morgan fingerprint density at radius 2 is 0.750 bits per heavy atom. The maximum absolute atomic E-state index is 12.8. The number of allylic oxidation sites excluding steroid dienone is 8. The Labute approximate surface area is 373 Å². The number of hydrogen-bond donors (Lipinski definition) is 0. The van der Waals surface area contributed by atoms with Crippen LogP contribution < -0.4 is 0 Å². The summed E-state index contributed by atoms with van der Waals surface area (Å²) in [5, 5.41) is 0. The Bertz CT molecular complexity index is 997. The molecule has 1 atom stereocenters. The molecule has 0 fully saturated rings. The molecular weight excluding hydrogens is 741 g/mol. The minimum atomic E-state index is -0.547. The molecule has 0 amide bonds. The van der Waals surface area contributed by atoms with Crippen molar-refractivity contribution < 1.29 is 23.8 Å². The van der Waals surface area contributed by atoms with Crippen molar-refractivity contribution in [1.82, 2.24) is 0 Å². The summed E-state index contributed by atoms with van der Waals surface area (Å²) in [6.45, 7) is 7.71. The number of carbonyl (C=O) groups is 2. The first-order valence-corrected chi connectivity index (χ1v) is 26.2. The minimum absolute atomic E-state index is 0.0683. The van der Waals surface area contributed by atoms with E-state index < -0.39 is 6.10 Å². The molecular formula is C55H100O5. The molecule has 0 aromatic carbocycles. The molecule has 0 aromatic heterocycles. The summed E-state index contributed by atoms with van der Waals surface area (Å²) < 4.78 is 17.4. The topological polar surface area (TPSA) is 61.8 Å². The fraction of sp³-hybridized carbons (Fsp3) is 0.818. The molecule has 1 unspecified atom stereocenters. The molecule has 0 bridgehead atoms. The molecule has 0 aromatic rings. The zero-order valence-corrected chi connectivity index (χ0v) is 40.2. The van der Waals surface area contributed by atoms with Crippen molar-refractivity contribution in [3.63, 3.8) is 0 Å². The van der Waals surface area contributed by atoms with Crippen LogP contribution in [-0.2, 0) is 23.8 Å². The van der Waals surface area contributed by atoms with Gasteiger partial charge in [-0.3, -0.25) is 9.59 Å². The van der Waals surface area contributed by atoms with Crippen molar-refractivity contribution in [2.24, 2.45) is 0 Å². The predicted molar refractivity (Wildman–Crippen MR) is 261 cm³/mol. The van der Waals surface area contributed by atoms with Crippen molar-refractivity contribution in [2.45, 2.75) is 271 Å². The number of hydrogen-bond acceptors (Lipinski definition) is 5. The van der Waals surface area contributed by atoms with E-state index in [2.05, 4.69) is 69.4 Å². The second kappa shape index (κ2) is 51.2. The Kier molecular flexibility index (Phi) is 49.4. The third-order valence-corrected chi connectivity index (χ3v) is 11.4. The normalized spacial score (nSPS) is 12.5. The van der Waals surface area contributed by atoms with Gasteiger partial charge in [-0.2, -0.15) is 0 Å². The summed E-state index contributed by atoms with van der Waals surface area (Å²) in [4.78, 5) is 25.3. The van der Waals surface area contributed by atoms with E-state index in [0.717, 1.165) is 70.6 Å². The smallest absolute Gasteiger partial charge is 0.306 e. The van der Waals surface area contributed by atoms with Crippen molar-refractivity contribution in [3.8, 4) is 0 Å². The summed E-state index contributed by atoms with van der Waals surface area (Å²) in [6.07, 6.45) is 62.7. The zero-order chi connectivity index (χ0) is 43.5. The lowest BCUT2D eigenvalue weighted by Crippen LogP contribution is -2.30. The quantitative estimate of drug-likeness (QED) is 0.0347. The molecule has 5 nitrogen and oxygen atoms in total. The van der Waals surface area contributed by atoms with Gasteiger partial charge in [0.2, 0.25) is 0 Å². The van der Waals surface area contributed by atoms with E-state index in [4.69, 9.17) is 14.2 Å². The molecule has 0 rings (SSSR count). The Morgan fingerprint density at radius 3 is 1.20 bits per heavy atom. The van der Waals surface area contributed by atoms with Crippen molar-refractivity contribution >= 4 is 11.9 Å². The predicted octanol–water partition coefficient (Wildman–Crippen LogP) is 17.6. The molecule has 5 heteroatoms. The van der Waals surface area contributed by atoms with Gasteiger partial charge in [-0.05, 0) is 57.8 Å². The van der Waals surface area contributed by atoms with Crippen LogP contribution in [0, 0.1) is 0 Å². The molecule has 350 valence electrons. The molecule has 0 spiro atoms. The van der Waals surface area contributed by atoms with E-state index in [1.54, 1.807) is 0 Å². The van der Waals surface area contributed by atoms with Crippen molar-refractivity contribution in [2.75, 3.05) is 19.8 Å². The monoisotopic (exact) mass is 841 g/mol. The van der Waals surface area contributed by atoms with Crippen LogP contribution >= 0.6 is 0 Å². The van der Waals surface area contributed by atoms with E-state index in [1.807, 2.05) is 0 Å². The largest absolute Gasteiger partial charge is 0.462 e. The van der Waals surface area contributed by atoms with Gasteiger partial charge in [0, 0.05) is 19.4 Å². The molecule has 0 N–H and O–H groups in total. The standard InChI is InChI=1S/C55H100O5/c1-4-7-10-13-16-19-22-24-26-27-28-30-32-35-38-41-44-47-50-58-51-53(60-55(57)49-46-43-40-37-33-21-18-15-12-9-6-3)52-59-54(56)48-45-42-39-36-34-31-29-25-23-20-17-14-11-8-5-2/h8,11,17,20,25,29,34,36,53H,4-7,9-10,12-16,18-19,21-24,26-28,30-33,35,37-52H2,1-3H3/b11-8-,20-17-,29-25-,36-34-. The van der Waals surface area contributed by atoms with Crippen LogP contribution in [0.25, 0.3) is 0 Å². The van der Waals surface area contributed by atoms with Gasteiger partial charge in [0.05, 0.1) is 6.61 Å². The Balaban J connectivity index is 4.24. The molecule has 0 saturated carbocycles. The number of ether oxygens (including phenoxy) is 3. The van der Waals surface area contributed by atoms with Gasteiger partial charge in [-0.15, -0.1) is 0 Å². The van der Waals surface area contributed by atoms with Gasteiger partial charge in [-0.1, -0.05) is 243 Å². The molecule has 0 heterocycles. The first-order valence-electron chi connectivity index (χ1n) is 26.2. The van der Waals surface area contributed by atoms with E-state index in [-0.39, 0.29) is 25.2 Å². The lowest BCUT2D eigenvalue weighted by Gasteiger charge is -2.18. The van der Waals surface area contributed by atoms with Crippen molar-refractivity contribution in [1.29, 1.82) is 0 Å². The van der Waals surface area contributed by atoms with Crippen molar-refractivity contribution in [3.05, 3.63) is 48.6 Å². The number of esters is 2. The van der Waals surface area contributed by atoms with E-state index in [1.165, 1.54) is 161 Å². The minimum Gasteiger partial charge on any atom is -0.462 e. The van der Waals surface area contributed by atoms with Crippen LogP contribution in [0.4, 0.5) is 0 Å². The maximum atomic E-state index is 12.8. The van der Waals surface area contributed by atoms with Gasteiger partial charge in [0.1, 0.15) is 6.61 Å². The molecule has 0 saturated heterocycles. The van der Waals surface area contributed by atoms with Crippen LogP contribution in [0.5, 0.6) is 0 Å².